The maximum absolute atomic E-state index is 12.4. The first kappa shape index (κ1) is 17.8. The number of amides is 1. The van der Waals surface area contributed by atoms with Gasteiger partial charge in [-0.3, -0.25) is 4.79 Å². The summed E-state index contributed by atoms with van der Waals surface area (Å²) in [6.45, 7) is 6.27. The number of anilines is 1. The number of hydrogen-bond donors (Lipinski definition) is 1. The largest absolute Gasteiger partial charge is 0.324 e. The standard InChI is InChI=1S/C19H21Cl2NO/c1-12(2)11-14-7-9-15(10-8-14)13(3)19(23)22-17-6-4-5-16(20)18(17)21/h4-10,12-13H,11H2,1-3H3,(H,22,23). The molecule has 1 N–H and O–H groups in total. The fraction of sp³-hybridized carbons (Fsp3) is 0.316. The maximum Gasteiger partial charge on any atom is 0.231 e. The van der Waals surface area contributed by atoms with E-state index in [1.807, 2.05) is 19.1 Å². The van der Waals surface area contributed by atoms with Crippen molar-refractivity contribution in [2.45, 2.75) is 33.1 Å². The summed E-state index contributed by atoms with van der Waals surface area (Å²) in [4.78, 5) is 12.4. The third-order valence-corrected chi connectivity index (χ3v) is 4.55. The molecule has 4 heteroatoms. The van der Waals surface area contributed by atoms with Gasteiger partial charge in [-0.05, 0) is 42.5 Å². The van der Waals surface area contributed by atoms with Crippen LogP contribution < -0.4 is 5.32 Å². The van der Waals surface area contributed by atoms with Crippen LogP contribution in [-0.4, -0.2) is 5.91 Å². The Labute approximate surface area is 147 Å². The number of carbonyl (C=O) groups is 1. The van der Waals surface area contributed by atoms with Crippen LogP contribution in [0, 0.1) is 5.92 Å². The summed E-state index contributed by atoms with van der Waals surface area (Å²) in [6, 6.07) is 13.4. The normalized spacial score (nSPS) is 12.3. The van der Waals surface area contributed by atoms with Crippen LogP contribution in [0.25, 0.3) is 0 Å². The molecule has 2 aromatic rings. The topological polar surface area (TPSA) is 29.1 Å². The zero-order valence-corrected chi connectivity index (χ0v) is 15.1. The highest BCUT2D eigenvalue weighted by Gasteiger charge is 2.17. The summed E-state index contributed by atoms with van der Waals surface area (Å²) in [5, 5.41) is 3.63. The van der Waals surface area contributed by atoms with E-state index in [1.54, 1.807) is 18.2 Å². The molecule has 0 radical (unpaired) electrons. The van der Waals surface area contributed by atoms with Gasteiger partial charge in [-0.2, -0.15) is 0 Å². The summed E-state index contributed by atoms with van der Waals surface area (Å²) in [5.41, 5.74) is 2.80. The molecule has 2 rings (SSSR count). The second kappa shape index (κ2) is 7.85. The van der Waals surface area contributed by atoms with Crippen molar-refractivity contribution in [1.29, 1.82) is 0 Å². The van der Waals surface area contributed by atoms with Crippen LogP contribution in [0.3, 0.4) is 0 Å². The van der Waals surface area contributed by atoms with Crippen molar-refractivity contribution in [1.82, 2.24) is 0 Å². The van der Waals surface area contributed by atoms with E-state index in [1.165, 1.54) is 5.56 Å². The van der Waals surface area contributed by atoms with Crippen LogP contribution in [0.4, 0.5) is 5.69 Å². The first-order chi connectivity index (χ1) is 10.9. The first-order valence-corrected chi connectivity index (χ1v) is 8.47. The average molecular weight is 350 g/mol. The summed E-state index contributed by atoms with van der Waals surface area (Å²) in [5.74, 6) is 0.246. The van der Waals surface area contributed by atoms with Crippen LogP contribution >= 0.6 is 23.2 Å². The Balaban J connectivity index is 2.08. The third-order valence-electron chi connectivity index (χ3n) is 3.73. The fourth-order valence-corrected chi connectivity index (χ4v) is 2.75. The number of rotatable bonds is 5. The average Bonchev–Trinajstić information content (AvgIpc) is 2.51. The molecular formula is C19H21Cl2NO. The lowest BCUT2D eigenvalue weighted by molar-refractivity contribution is -0.117. The summed E-state index contributed by atoms with van der Waals surface area (Å²) in [7, 11) is 0. The van der Waals surface area contributed by atoms with Crippen molar-refractivity contribution in [3.05, 3.63) is 63.6 Å². The molecule has 2 nitrogen and oxygen atoms in total. The summed E-state index contributed by atoms with van der Waals surface area (Å²) >= 11 is 12.1. The molecule has 2 aromatic carbocycles. The van der Waals surface area contributed by atoms with Crippen LogP contribution in [-0.2, 0) is 11.2 Å². The lowest BCUT2D eigenvalue weighted by Crippen LogP contribution is -2.19. The van der Waals surface area contributed by atoms with Crippen molar-refractivity contribution in [2.75, 3.05) is 5.32 Å². The number of benzene rings is 2. The minimum Gasteiger partial charge on any atom is -0.324 e. The zero-order chi connectivity index (χ0) is 17.0. The first-order valence-electron chi connectivity index (χ1n) is 7.72. The van der Waals surface area contributed by atoms with E-state index in [9.17, 15) is 4.79 Å². The monoisotopic (exact) mass is 349 g/mol. The molecule has 0 saturated heterocycles. The molecule has 0 heterocycles. The second-order valence-corrected chi connectivity index (χ2v) is 6.94. The summed E-state index contributed by atoms with van der Waals surface area (Å²) < 4.78 is 0. The van der Waals surface area contributed by atoms with Crippen LogP contribution in [0.15, 0.2) is 42.5 Å². The Hall–Kier alpha value is -1.51. The van der Waals surface area contributed by atoms with Crippen molar-refractivity contribution in [3.63, 3.8) is 0 Å². The van der Waals surface area contributed by atoms with Crippen molar-refractivity contribution in [3.8, 4) is 0 Å². The molecule has 0 aliphatic carbocycles. The number of hydrogen-bond acceptors (Lipinski definition) is 1. The van der Waals surface area contributed by atoms with Gasteiger partial charge in [0.25, 0.3) is 0 Å². The molecule has 0 bridgehead atoms. The lowest BCUT2D eigenvalue weighted by atomic mass is 9.96. The van der Waals surface area contributed by atoms with Gasteiger partial charge >= 0.3 is 0 Å². The van der Waals surface area contributed by atoms with E-state index >= 15 is 0 Å². The SMILES string of the molecule is CC(C)Cc1ccc(C(C)C(=O)Nc2cccc(Cl)c2Cl)cc1. The van der Waals surface area contributed by atoms with Gasteiger partial charge < -0.3 is 5.32 Å². The smallest absolute Gasteiger partial charge is 0.231 e. The lowest BCUT2D eigenvalue weighted by Gasteiger charge is -2.15. The summed E-state index contributed by atoms with van der Waals surface area (Å²) in [6.07, 6.45) is 1.04. The molecule has 0 aromatic heterocycles. The Kier molecular flexibility index (Phi) is 6.09. The van der Waals surface area contributed by atoms with Gasteiger partial charge in [0.1, 0.15) is 0 Å². The highest BCUT2D eigenvalue weighted by atomic mass is 35.5. The van der Waals surface area contributed by atoms with E-state index < -0.39 is 0 Å². The Morgan fingerprint density at radius 2 is 1.70 bits per heavy atom. The molecule has 0 aliphatic heterocycles. The van der Waals surface area contributed by atoms with E-state index in [0.717, 1.165) is 12.0 Å². The minimum absolute atomic E-state index is 0.106. The molecule has 23 heavy (non-hydrogen) atoms. The highest BCUT2D eigenvalue weighted by molar-refractivity contribution is 6.44. The predicted molar refractivity (Wildman–Crippen MR) is 98.5 cm³/mol. The van der Waals surface area contributed by atoms with E-state index in [0.29, 0.717) is 21.7 Å². The molecule has 122 valence electrons. The quantitative estimate of drug-likeness (QED) is 0.711. The molecule has 0 saturated carbocycles. The van der Waals surface area contributed by atoms with Crippen molar-refractivity contribution in [2.24, 2.45) is 5.92 Å². The van der Waals surface area contributed by atoms with Crippen LogP contribution in [0.2, 0.25) is 10.0 Å². The molecule has 1 unspecified atom stereocenters. The fourth-order valence-electron chi connectivity index (χ4n) is 2.41. The van der Waals surface area contributed by atoms with Crippen molar-refractivity contribution >= 4 is 34.8 Å². The van der Waals surface area contributed by atoms with Crippen molar-refractivity contribution < 1.29 is 4.79 Å². The Bertz CT molecular complexity index is 680. The zero-order valence-electron chi connectivity index (χ0n) is 13.6. The highest BCUT2D eigenvalue weighted by Crippen LogP contribution is 2.30. The van der Waals surface area contributed by atoms with Gasteiger partial charge in [0.2, 0.25) is 5.91 Å². The van der Waals surface area contributed by atoms with Gasteiger partial charge in [0.15, 0.2) is 0 Å². The van der Waals surface area contributed by atoms with E-state index in [-0.39, 0.29) is 11.8 Å². The molecule has 0 fully saturated rings. The predicted octanol–water partition coefficient (Wildman–Crippen LogP) is 5.93. The Morgan fingerprint density at radius 3 is 2.30 bits per heavy atom. The van der Waals surface area contributed by atoms with Crippen LogP contribution in [0.1, 0.15) is 37.8 Å². The number of halogens is 2. The molecular weight excluding hydrogens is 329 g/mol. The number of carbonyl (C=O) groups excluding carboxylic acids is 1. The minimum atomic E-state index is -0.266. The van der Waals surface area contributed by atoms with E-state index in [2.05, 4.69) is 31.3 Å². The molecule has 0 aliphatic rings. The molecule has 0 spiro atoms. The van der Waals surface area contributed by atoms with Crippen LogP contribution in [0.5, 0.6) is 0 Å². The number of nitrogens with one attached hydrogen (secondary N) is 1. The molecule has 1 amide bonds. The van der Waals surface area contributed by atoms with Gasteiger partial charge in [-0.25, -0.2) is 0 Å². The third kappa shape index (κ3) is 4.73. The van der Waals surface area contributed by atoms with Gasteiger partial charge in [0.05, 0.1) is 21.7 Å². The van der Waals surface area contributed by atoms with E-state index in [4.69, 9.17) is 23.2 Å². The Morgan fingerprint density at radius 1 is 1.04 bits per heavy atom. The van der Waals surface area contributed by atoms with Gasteiger partial charge in [0, 0.05) is 0 Å². The maximum atomic E-state index is 12.4. The second-order valence-electron chi connectivity index (χ2n) is 6.15. The van der Waals surface area contributed by atoms with Gasteiger partial charge in [-0.15, -0.1) is 0 Å². The molecule has 1 atom stereocenters. The van der Waals surface area contributed by atoms with Gasteiger partial charge in [-0.1, -0.05) is 67.4 Å².